The Labute approximate surface area is 146 Å². The molecule has 1 aliphatic rings. The first kappa shape index (κ1) is 16.7. The lowest BCUT2D eigenvalue weighted by molar-refractivity contribution is -0.00517. The fourth-order valence-corrected chi connectivity index (χ4v) is 3.71. The van der Waals surface area contributed by atoms with Crippen LogP contribution in [0.15, 0.2) is 22.1 Å². The van der Waals surface area contributed by atoms with Crippen molar-refractivity contribution in [3.05, 3.63) is 33.5 Å². The largest absolute Gasteiger partial charge is 0.453 e. The number of furan rings is 1. The molecule has 1 aromatic heterocycles. The molecule has 0 amide bonds. The zero-order chi connectivity index (χ0) is 16.7. The zero-order valence-electron chi connectivity index (χ0n) is 13.8. The third-order valence-corrected chi connectivity index (χ3v) is 4.36. The average molecular weight is 354 g/mol. The van der Waals surface area contributed by atoms with Crippen molar-refractivity contribution in [3.8, 4) is 0 Å². The summed E-state index contributed by atoms with van der Waals surface area (Å²) in [5, 5.41) is 2.11. The van der Waals surface area contributed by atoms with Gasteiger partial charge in [0.1, 0.15) is 0 Å². The van der Waals surface area contributed by atoms with Gasteiger partial charge in [-0.1, -0.05) is 28.8 Å². The number of nitrogens with zero attached hydrogens (tertiary/aromatic N) is 1. The molecule has 124 valence electrons. The molecular formula is C18H21Cl2NO2. The topological polar surface area (TPSA) is 25.6 Å². The van der Waals surface area contributed by atoms with Crippen LogP contribution in [0.1, 0.15) is 33.5 Å². The Morgan fingerprint density at radius 3 is 2.43 bits per heavy atom. The summed E-state index contributed by atoms with van der Waals surface area (Å²) in [6.07, 6.45) is 2.38. The van der Waals surface area contributed by atoms with Gasteiger partial charge in [0.2, 0.25) is 0 Å². The Kier molecular flexibility index (Phi) is 4.63. The van der Waals surface area contributed by atoms with E-state index in [1.165, 1.54) is 5.57 Å². The predicted molar refractivity (Wildman–Crippen MR) is 97.8 cm³/mol. The lowest BCUT2D eigenvalue weighted by Crippen LogP contribution is -2.45. The van der Waals surface area contributed by atoms with E-state index in [9.17, 15) is 0 Å². The minimum atomic E-state index is 0.165. The highest BCUT2D eigenvalue weighted by molar-refractivity contribution is 6.38. The fourth-order valence-electron chi connectivity index (χ4n) is 3.18. The Hall–Kier alpha value is -1.16. The molecule has 2 aromatic rings. The summed E-state index contributed by atoms with van der Waals surface area (Å²) >= 11 is 12.6. The maximum atomic E-state index is 6.34. The number of morpholine rings is 1. The number of benzene rings is 1. The van der Waals surface area contributed by atoms with E-state index in [1.807, 2.05) is 12.1 Å². The van der Waals surface area contributed by atoms with Crippen molar-refractivity contribution < 1.29 is 9.15 Å². The molecule has 0 spiro atoms. The summed E-state index contributed by atoms with van der Waals surface area (Å²) in [6, 6.07) is 3.64. The van der Waals surface area contributed by atoms with Gasteiger partial charge in [-0.25, -0.2) is 0 Å². The molecule has 1 fully saturated rings. The second kappa shape index (κ2) is 6.39. The number of hydrogen-bond donors (Lipinski definition) is 0. The molecule has 3 rings (SSSR count). The highest BCUT2D eigenvalue weighted by Crippen LogP contribution is 2.41. The summed E-state index contributed by atoms with van der Waals surface area (Å²) in [7, 11) is 0. The van der Waals surface area contributed by atoms with Gasteiger partial charge in [-0.2, -0.15) is 0 Å². The van der Waals surface area contributed by atoms with Crippen molar-refractivity contribution in [2.24, 2.45) is 0 Å². The van der Waals surface area contributed by atoms with Crippen LogP contribution >= 0.6 is 23.2 Å². The first-order valence-electron chi connectivity index (χ1n) is 7.82. The molecule has 0 radical (unpaired) electrons. The number of fused-ring (bicyclic) bond motifs is 1. The molecule has 1 saturated heterocycles. The zero-order valence-corrected chi connectivity index (χ0v) is 15.3. The molecule has 2 atom stereocenters. The van der Waals surface area contributed by atoms with Gasteiger partial charge in [-0.15, -0.1) is 0 Å². The first-order valence-corrected chi connectivity index (χ1v) is 8.57. The first-order chi connectivity index (χ1) is 10.8. The van der Waals surface area contributed by atoms with Crippen LogP contribution in [-0.2, 0) is 4.74 Å². The average Bonchev–Trinajstić information content (AvgIpc) is 2.75. The van der Waals surface area contributed by atoms with E-state index in [4.69, 9.17) is 32.4 Å². The van der Waals surface area contributed by atoms with E-state index in [0.717, 1.165) is 29.9 Å². The maximum Gasteiger partial charge on any atom is 0.155 e. The summed E-state index contributed by atoms with van der Waals surface area (Å²) in [5.74, 6) is 0.825. The molecule has 0 bridgehead atoms. The summed E-state index contributed by atoms with van der Waals surface area (Å²) in [5.41, 5.74) is 2.90. The Morgan fingerprint density at radius 1 is 1.17 bits per heavy atom. The number of hydrogen-bond acceptors (Lipinski definition) is 3. The quantitative estimate of drug-likeness (QED) is 0.684. The summed E-state index contributed by atoms with van der Waals surface area (Å²) < 4.78 is 11.9. The van der Waals surface area contributed by atoms with Crippen molar-refractivity contribution in [2.75, 3.05) is 18.0 Å². The molecule has 1 aliphatic heterocycles. The van der Waals surface area contributed by atoms with Crippen LogP contribution in [-0.4, -0.2) is 25.3 Å². The van der Waals surface area contributed by atoms with Crippen LogP contribution in [0.4, 0.5) is 5.69 Å². The SMILES string of the molecule is CC(C)=Cc1oc2c(Cl)cc(Cl)cc2c1N1C[C@H](C)O[C@@H](C)C1. The Morgan fingerprint density at radius 2 is 1.83 bits per heavy atom. The van der Waals surface area contributed by atoms with Crippen LogP contribution in [0.5, 0.6) is 0 Å². The van der Waals surface area contributed by atoms with Crippen molar-refractivity contribution >= 4 is 45.9 Å². The van der Waals surface area contributed by atoms with Gasteiger partial charge in [-0.3, -0.25) is 0 Å². The predicted octanol–water partition coefficient (Wildman–Crippen LogP) is 5.78. The molecule has 0 N–H and O–H groups in total. The lowest BCUT2D eigenvalue weighted by Gasteiger charge is -2.36. The van der Waals surface area contributed by atoms with Gasteiger partial charge in [0.15, 0.2) is 11.3 Å². The lowest BCUT2D eigenvalue weighted by atomic mass is 10.1. The standard InChI is InChI=1S/C18H21Cl2NO2/c1-10(2)5-16-17(21-8-11(3)22-12(4)9-21)14-6-13(19)7-15(20)18(14)23-16/h5-7,11-12H,8-9H2,1-4H3/t11-,12-/m0/s1. The van der Waals surface area contributed by atoms with Crippen molar-refractivity contribution in [1.82, 2.24) is 0 Å². The summed E-state index contributed by atoms with van der Waals surface area (Å²) in [4.78, 5) is 2.31. The molecule has 3 nitrogen and oxygen atoms in total. The van der Waals surface area contributed by atoms with Crippen LogP contribution in [0.2, 0.25) is 10.0 Å². The van der Waals surface area contributed by atoms with Crippen LogP contribution in [0.25, 0.3) is 17.0 Å². The Bertz CT molecular complexity index is 752. The van der Waals surface area contributed by atoms with Crippen LogP contribution < -0.4 is 4.90 Å². The number of allylic oxidation sites excluding steroid dienone is 1. The van der Waals surface area contributed by atoms with E-state index < -0.39 is 0 Å². The van der Waals surface area contributed by atoms with Crippen molar-refractivity contribution in [3.63, 3.8) is 0 Å². The fraction of sp³-hybridized carbons (Fsp3) is 0.444. The third kappa shape index (κ3) is 3.37. The van der Waals surface area contributed by atoms with E-state index in [-0.39, 0.29) is 12.2 Å². The normalized spacial score (nSPS) is 21.7. The maximum absolute atomic E-state index is 6.34. The van der Waals surface area contributed by atoms with Gasteiger partial charge < -0.3 is 14.1 Å². The van der Waals surface area contributed by atoms with E-state index in [1.54, 1.807) is 6.07 Å². The molecule has 5 heteroatoms. The van der Waals surface area contributed by atoms with E-state index in [0.29, 0.717) is 15.6 Å². The molecule has 0 saturated carbocycles. The van der Waals surface area contributed by atoms with Gasteiger partial charge in [-0.05, 0) is 45.9 Å². The minimum Gasteiger partial charge on any atom is -0.453 e. The highest BCUT2D eigenvalue weighted by atomic mass is 35.5. The van der Waals surface area contributed by atoms with E-state index >= 15 is 0 Å². The monoisotopic (exact) mass is 353 g/mol. The smallest absolute Gasteiger partial charge is 0.155 e. The molecule has 0 aliphatic carbocycles. The van der Waals surface area contributed by atoms with Gasteiger partial charge in [0.25, 0.3) is 0 Å². The molecule has 0 unspecified atom stereocenters. The van der Waals surface area contributed by atoms with E-state index in [2.05, 4.69) is 32.6 Å². The second-order valence-electron chi connectivity index (χ2n) is 6.46. The second-order valence-corrected chi connectivity index (χ2v) is 7.31. The van der Waals surface area contributed by atoms with Gasteiger partial charge >= 0.3 is 0 Å². The minimum absolute atomic E-state index is 0.165. The van der Waals surface area contributed by atoms with Gasteiger partial charge in [0.05, 0.1) is 22.9 Å². The highest BCUT2D eigenvalue weighted by Gasteiger charge is 2.28. The van der Waals surface area contributed by atoms with Gasteiger partial charge in [0, 0.05) is 23.5 Å². The molecule has 23 heavy (non-hydrogen) atoms. The number of ether oxygens (including phenoxy) is 1. The number of rotatable bonds is 2. The Balaban J connectivity index is 2.21. The molecule has 2 heterocycles. The van der Waals surface area contributed by atoms with Crippen molar-refractivity contribution in [2.45, 2.75) is 39.9 Å². The number of anilines is 1. The molecule has 1 aromatic carbocycles. The number of halogens is 2. The third-order valence-electron chi connectivity index (χ3n) is 3.86. The molecular weight excluding hydrogens is 333 g/mol. The van der Waals surface area contributed by atoms with Crippen LogP contribution in [0.3, 0.4) is 0 Å². The van der Waals surface area contributed by atoms with Crippen molar-refractivity contribution in [1.29, 1.82) is 0 Å². The van der Waals surface area contributed by atoms with Crippen LogP contribution in [0, 0.1) is 0 Å². The summed E-state index contributed by atoms with van der Waals surface area (Å²) in [6.45, 7) is 9.91.